The van der Waals surface area contributed by atoms with Crippen LogP contribution in [0.15, 0.2) is 60.7 Å². The Morgan fingerprint density at radius 3 is 2.46 bits per heavy atom. The van der Waals surface area contributed by atoms with Gasteiger partial charge in [0.1, 0.15) is 18.1 Å². The molecule has 3 aromatic rings. The molecule has 0 radical (unpaired) electrons. The Balaban J connectivity index is 1.32. The number of hydrogen-bond donors (Lipinski definition) is 1. The van der Waals surface area contributed by atoms with Crippen LogP contribution in [0.25, 0.3) is 0 Å². The number of rotatable bonds is 7. The van der Waals surface area contributed by atoms with E-state index in [1.807, 2.05) is 24.3 Å². The molecule has 0 saturated carbocycles. The Morgan fingerprint density at radius 1 is 0.886 bits per heavy atom. The van der Waals surface area contributed by atoms with Gasteiger partial charge in [0.05, 0.1) is 16.8 Å². The molecule has 0 bridgehead atoms. The summed E-state index contributed by atoms with van der Waals surface area (Å²) in [6.07, 6.45) is 5.63. The second kappa shape index (κ2) is 11.1. The van der Waals surface area contributed by atoms with E-state index < -0.39 is 0 Å². The molecule has 1 N–H and O–H groups in total. The molecule has 1 saturated heterocycles. The van der Waals surface area contributed by atoms with E-state index in [4.69, 9.17) is 27.9 Å². The maximum atomic E-state index is 10.0. The van der Waals surface area contributed by atoms with Gasteiger partial charge in [0.15, 0.2) is 0 Å². The van der Waals surface area contributed by atoms with Gasteiger partial charge >= 0.3 is 0 Å². The van der Waals surface area contributed by atoms with Gasteiger partial charge in [-0.25, -0.2) is 0 Å². The van der Waals surface area contributed by atoms with Crippen molar-refractivity contribution in [3.05, 3.63) is 87.4 Å². The zero-order valence-electron chi connectivity index (χ0n) is 19.9. The first-order valence-electron chi connectivity index (χ1n) is 12.5. The molecule has 0 aliphatic carbocycles. The summed E-state index contributed by atoms with van der Waals surface area (Å²) < 4.78 is 6.03. The highest BCUT2D eigenvalue weighted by Crippen LogP contribution is 2.40. The molecule has 2 aliphatic heterocycles. The Kier molecular flexibility index (Phi) is 7.72. The number of phenols is 1. The van der Waals surface area contributed by atoms with Crippen molar-refractivity contribution >= 4 is 28.9 Å². The summed E-state index contributed by atoms with van der Waals surface area (Å²) in [7, 11) is 0. The monoisotopic (exact) mass is 510 g/mol. The number of nitrogens with zero attached hydrogens (tertiary/aromatic N) is 2. The van der Waals surface area contributed by atoms with E-state index in [0.29, 0.717) is 15.8 Å². The highest BCUT2D eigenvalue weighted by Gasteiger charge is 2.29. The fraction of sp³-hybridized carbons (Fsp3) is 0.379. The highest BCUT2D eigenvalue weighted by molar-refractivity contribution is 6.36. The van der Waals surface area contributed by atoms with Gasteiger partial charge in [-0.2, -0.15) is 0 Å². The van der Waals surface area contributed by atoms with Gasteiger partial charge in [0.25, 0.3) is 0 Å². The summed E-state index contributed by atoms with van der Waals surface area (Å²) in [6.45, 7) is 4.92. The highest BCUT2D eigenvalue weighted by atomic mass is 35.5. The molecule has 4 nitrogen and oxygen atoms in total. The Morgan fingerprint density at radius 2 is 1.69 bits per heavy atom. The van der Waals surface area contributed by atoms with E-state index in [1.54, 1.807) is 12.1 Å². The number of piperidine rings is 1. The molecule has 2 aliphatic rings. The molecule has 0 spiro atoms. The van der Waals surface area contributed by atoms with Crippen molar-refractivity contribution in [1.82, 2.24) is 4.90 Å². The number of benzene rings is 3. The predicted molar refractivity (Wildman–Crippen MR) is 144 cm³/mol. The van der Waals surface area contributed by atoms with Crippen molar-refractivity contribution in [2.24, 2.45) is 0 Å². The summed E-state index contributed by atoms with van der Waals surface area (Å²) in [4.78, 5) is 4.85. The van der Waals surface area contributed by atoms with Gasteiger partial charge in [-0.05, 0) is 97.9 Å². The molecule has 0 aromatic heterocycles. The number of aromatic hydroxyl groups is 1. The Labute approximate surface area is 218 Å². The average Bonchev–Trinajstić information content (AvgIpc) is 2.86. The summed E-state index contributed by atoms with van der Waals surface area (Å²) in [5, 5.41) is 11.3. The van der Waals surface area contributed by atoms with E-state index in [-0.39, 0.29) is 6.04 Å². The third-order valence-corrected chi connectivity index (χ3v) is 7.72. The van der Waals surface area contributed by atoms with E-state index >= 15 is 0 Å². The molecule has 6 heteroatoms. The first kappa shape index (κ1) is 24.3. The second-order valence-electron chi connectivity index (χ2n) is 9.54. The van der Waals surface area contributed by atoms with Gasteiger partial charge in [-0.1, -0.05) is 47.8 Å². The molecule has 0 amide bonds. The van der Waals surface area contributed by atoms with Gasteiger partial charge < -0.3 is 14.7 Å². The number of anilines is 1. The molecule has 184 valence electrons. The normalized spacial score (nSPS) is 18.3. The molecular weight excluding hydrogens is 479 g/mol. The smallest absolute Gasteiger partial charge is 0.119 e. The van der Waals surface area contributed by atoms with Crippen molar-refractivity contribution in [1.29, 1.82) is 0 Å². The zero-order chi connectivity index (χ0) is 24.2. The number of fused-ring (bicyclic) bond motifs is 1. The van der Waals surface area contributed by atoms with Crippen molar-refractivity contribution in [2.45, 2.75) is 38.1 Å². The topological polar surface area (TPSA) is 35.9 Å². The fourth-order valence-electron chi connectivity index (χ4n) is 5.34. The predicted octanol–water partition coefficient (Wildman–Crippen LogP) is 6.91. The second-order valence-corrected chi connectivity index (χ2v) is 10.4. The largest absolute Gasteiger partial charge is 0.508 e. The van der Waals surface area contributed by atoms with Crippen molar-refractivity contribution in [2.75, 3.05) is 37.7 Å². The standard InChI is InChI=1S/C29H32Cl2N2O2/c30-23-6-11-28(27(31)20-23)33-15-12-22-19-24(34)7-10-26(22)29(33)18-21-4-8-25(9-5-21)35-17-16-32-13-2-1-3-14-32/h4-11,19-20,29,34H,1-3,12-18H2. The van der Waals surface area contributed by atoms with E-state index in [1.165, 1.54) is 49.0 Å². The maximum Gasteiger partial charge on any atom is 0.119 e. The number of phenolic OH excluding ortho intramolecular Hbond substituents is 1. The number of ether oxygens (including phenoxy) is 1. The molecule has 1 unspecified atom stereocenters. The van der Waals surface area contributed by atoms with Gasteiger partial charge in [-0.3, -0.25) is 4.90 Å². The van der Waals surface area contributed by atoms with Crippen LogP contribution in [0, 0.1) is 0 Å². The maximum absolute atomic E-state index is 10.0. The van der Waals surface area contributed by atoms with Crippen LogP contribution in [0.3, 0.4) is 0 Å². The zero-order valence-corrected chi connectivity index (χ0v) is 21.4. The third kappa shape index (κ3) is 5.88. The molecule has 3 aromatic carbocycles. The van der Waals surface area contributed by atoms with Crippen molar-refractivity contribution in [3.63, 3.8) is 0 Å². The Bertz CT molecular complexity index is 1150. The van der Waals surface area contributed by atoms with Gasteiger partial charge in [0, 0.05) is 18.1 Å². The van der Waals surface area contributed by atoms with E-state index in [9.17, 15) is 5.11 Å². The minimum atomic E-state index is 0.101. The summed E-state index contributed by atoms with van der Waals surface area (Å²) in [5.74, 6) is 1.23. The van der Waals surface area contributed by atoms with Crippen LogP contribution in [-0.2, 0) is 12.8 Å². The molecule has 1 atom stereocenters. The van der Waals surface area contributed by atoms with Crippen LogP contribution in [0.1, 0.15) is 42.0 Å². The SMILES string of the molecule is Oc1ccc2c(c1)CCN(c1ccc(Cl)cc1Cl)C2Cc1ccc(OCCN2CCCCC2)cc1. The number of halogens is 2. The molecule has 5 rings (SSSR count). The first-order chi connectivity index (χ1) is 17.1. The lowest BCUT2D eigenvalue weighted by Crippen LogP contribution is -2.37. The number of hydrogen-bond acceptors (Lipinski definition) is 4. The third-order valence-electron chi connectivity index (χ3n) is 7.18. The molecular formula is C29H32Cl2N2O2. The lowest BCUT2D eigenvalue weighted by atomic mass is 9.88. The lowest BCUT2D eigenvalue weighted by Gasteiger charge is -2.40. The summed E-state index contributed by atoms with van der Waals surface area (Å²) in [6, 6.07) is 20.0. The first-order valence-corrected chi connectivity index (χ1v) is 13.3. The fourth-order valence-corrected chi connectivity index (χ4v) is 5.86. The minimum absolute atomic E-state index is 0.101. The molecule has 2 heterocycles. The van der Waals surface area contributed by atoms with Crippen LogP contribution >= 0.6 is 23.2 Å². The molecule has 1 fully saturated rings. The number of likely N-dealkylation sites (tertiary alicyclic amines) is 1. The van der Waals surface area contributed by atoms with Gasteiger partial charge in [-0.15, -0.1) is 0 Å². The van der Waals surface area contributed by atoms with Crippen LogP contribution in [0.5, 0.6) is 11.5 Å². The van der Waals surface area contributed by atoms with Gasteiger partial charge in [0.2, 0.25) is 0 Å². The Hall–Kier alpha value is -2.40. The van der Waals surface area contributed by atoms with Crippen LogP contribution in [0.4, 0.5) is 5.69 Å². The van der Waals surface area contributed by atoms with E-state index in [2.05, 4.69) is 34.1 Å². The van der Waals surface area contributed by atoms with Crippen molar-refractivity contribution in [3.8, 4) is 11.5 Å². The summed E-state index contributed by atoms with van der Waals surface area (Å²) >= 11 is 12.8. The molecule has 35 heavy (non-hydrogen) atoms. The summed E-state index contributed by atoms with van der Waals surface area (Å²) in [5.41, 5.74) is 4.63. The van der Waals surface area contributed by atoms with E-state index in [0.717, 1.165) is 44.0 Å². The lowest BCUT2D eigenvalue weighted by molar-refractivity contribution is 0.183. The quantitative estimate of drug-likeness (QED) is 0.374. The van der Waals surface area contributed by atoms with Crippen molar-refractivity contribution < 1.29 is 9.84 Å². The van der Waals surface area contributed by atoms with Crippen LogP contribution < -0.4 is 9.64 Å². The minimum Gasteiger partial charge on any atom is -0.508 e. The van der Waals surface area contributed by atoms with Crippen LogP contribution in [0.2, 0.25) is 10.0 Å². The van der Waals surface area contributed by atoms with Crippen LogP contribution in [-0.4, -0.2) is 42.8 Å². The average molecular weight is 511 g/mol.